The van der Waals surface area contributed by atoms with Gasteiger partial charge in [-0.2, -0.15) is 0 Å². The summed E-state index contributed by atoms with van der Waals surface area (Å²) in [4.78, 5) is 11.4. The molecule has 1 heterocycles. The molecule has 0 radical (unpaired) electrons. The van der Waals surface area contributed by atoms with Gasteiger partial charge >= 0.3 is 0 Å². The minimum Gasteiger partial charge on any atom is -0.508 e. The van der Waals surface area contributed by atoms with Crippen molar-refractivity contribution in [3.8, 4) is 28.7 Å². The number of aliphatic hydroxyl groups is 1. The lowest BCUT2D eigenvalue weighted by Crippen LogP contribution is -2.39. The maximum atomic E-state index is 11.4. The van der Waals surface area contributed by atoms with Crippen molar-refractivity contribution in [1.29, 1.82) is 0 Å². The third kappa shape index (κ3) is 6.16. The zero-order valence-electron chi connectivity index (χ0n) is 15.9. The van der Waals surface area contributed by atoms with Crippen LogP contribution in [0.15, 0.2) is 36.4 Å². The molecule has 9 nitrogen and oxygen atoms in total. The van der Waals surface area contributed by atoms with Crippen LogP contribution >= 0.6 is 0 Å². The van der Waals surface area contributed by atoms with E-state index in [1.165, 1.54) is 18.2 Å². The van der Waals surface area contributed by atoms with Crippen molar-refractivity contribution in [3.63, 3.8) is 0 Å². The molecule has 0 aliphatic carbocycles. The Morgan fingerprint density at radius 3 is 2.59 bits per heavy atom. The Balaban J connectivity index is 1.39. The van der Waals surface area contributed by atoms with Gasteiger partial charge in [0.2, 0.25) is 0 Å². The van der Waals surface area contributed by atoms with Crippen LogP contribution in [-0.4, -0.2) is 59.7 Å². The van der Waals surface area contributed by atoms with Crippen LogP contribution in [0.3, 0.4) is 0 Å². The largest absolute Gasteiger partial charge is 0.508 e. The summed E-state index contributed by atoms with van der Waals surface area (Å²) in [6, 6.07) is 9.03. The number of carbonyl (C=O) groups excluding carboxylic acids is 1. The molecule has 5 N–H and O–H groups in total. The van der Waals surface area contributed by atoms with Gasteiger partial charge in [0, 0.05) is 36.9 Å². The fourth-order valence-electron chi connectivity index (χ4n) is 2.67. The smallest absolute Gasteiger partial charge is 0.262 e. The third-order valence-electron chi connectivity index (χ3n) is 4.10. The topological polar surface area (TPSA) is 130 Å². The Kier molecular flexibility index (Phi) is 6.63. The molecule has 156 valence electrons. The highest BCUT2D eigenvalue weighted by Crippen LogP contribution is 2.31. The molecule has 0 saturated heterocycles. The number of benzene rings is 2. The summed E-state index contributed by atoms with van der Waals surface area (Å²) >= 11 is 0. The summed E-state index contributed by atoms with van der Waals surface area (Å²) in [6.07, 6.45) is -0.793. The predicted molar refractivity (Wildman–Crippen MR) is 105 cm³/mol. The number of anilines is 1. The fraction of sp³-hybridized carbons (Fsp3) is 0.350. The Bertz CT molecular complexity index is 838. The van der Waals surface area contributed by atoms with E-state index in [1.54, 1.807) is 18.2 Å². The number of hydrogen-bond donors (Lipinski definition) is 5. The number of phenols is 2. The molecule has 0 aromatic heterocycles. The molecule has 0 saturated carbocycles. The zero-order valence-corrected chi connectivity index (χ0v) is 15.9. The maximum absolute atomic E-state index is 11.4. The summed E-state index contributed by atoms with van der Waals surface area (Å²) in [5.41, 5.74) is 0.574. The molecule has 29 heavy (non-hydrogen) atoms. The fourth-order valence-corrected chi connectivity index (χ4v) is 2.67. The second-order valence-corrected chi connectivity index (χ2v) is 6.77. The first-order chi connectivity index (χ1) is 13.9. The number of hydrogen-bond acceptors (Lipinski definition) is 8. The van der Waals surface area contributed by atoms with E-state index in [9.17, 15) is 20.1 Å². The molecule has 0 bridgehead atoms. The molecule has 3 rings (SSSR count). The second kappa shape index (κ2) is 9.35. The van der Waals surface area contributed by atoms with Crippen molar-refractivity contribution < 1.29 is 34.3 Å². The predicted octanol–water partition coefficient (Wildman–Crippen LogP) is 1.23. The van der Waals surface area contributed by atoms with Crippen LogP contribution < -0.4 is 24.8 Å². The van der Waals surface area contributed by atoms with Gasteiger partial charge < -0.3 is 40.2 Å². The molecule has 1 aliphatic heterocycles. The van der Waals surface area contributed by atoms with E-state index >= 15 is 0 Å². The highest BCUT2D eigenvalue weighted by atomic mass is 16.5. The van der Waals surface area contributed by atoms with Crippen molar-refractivity contribution in [2.75, 3.05) is 31.7 Å². The van der Waals surface area contributed by atoms with E-state index in [1.807, 2.05) is 6.92 Å². The van der Waals surface area contributed by atoms with Crippen LogP contribution in [0.1, 0.15) is 6.92 Å². The van der Waals surface area contributed by atoms with Gasteiger partial charge in [0.25, 0.3) is 5.91 Å². The molecule has 2 unspecified atom stereocenters. The summed E-state index contributed by atoms with van der Waals surface area (Å²) in [5, 5.41) is 34.7. The van der Waals surface area contributed by atoms with Crippen LogP contribution in [-0.2, 0) is 4.79 Å². The Labute approximate surface area is 167 Å². The number of aromatic hydroxyl groups is 2. The van der Waals surface area contributed by atoms with Gasteiger partial charge in [-0.05, 0) is 19.1 Å². The van der Waals surface area contributed by atoms with Gasteiger partial charge in [0.15, 0.2) is 6.61 Å². The summed E-state index contributed by atoms with van der Waals surface area (Å²) < 4.78 is 16.4. The number of rotatable bonds is 9. The van der Waals surface area contributed by atoms with E-state index in [0.29, 0.717) is 23.8 Å². The number of aliphatic hydroxyl groups excluding tert-OH is 1. The van der Waals surface area contributed by atoms with Crippen molar-refractivity contribution in [2.45, 2.75) is 19.1 Å². The number of ether oxygens (including phenoxy) is 3. The summed E-state index contributed by atoms with van der Waals surface area (Å²) in [7, 11) is 0. The SMILES string of the molecule is CC(COc1ccc2c(c1)NC(=O)CO2)NCC(O)COc1cc(O)cc(O)c1. The Morgan fingerprint density at radius 2 is 1.83 bits per heavy atom. The molecule has 1 amide bonds. The molecular formula is C20H24N2O7. The molecule has 2 aromatic rings. The Hall–Kier alpha value is -3.17. The van der Waals surface area contributed by atoms with Crippen molar-refractivity contribution in [2.24, 2.45) is 0 Å². The minimum atomic E-state index is -0.793. The quantitative estimate of drug-likeness (QED) is 0.422. The number of carbonyl (C=O) groups is 1. The summed E-state index contributed by atoms with van der Waals surface area (Å²) in [5.74, 6) is 1.02. The molecule has 0 spiro atoms. The van der Waals surface area contributed by atoms with E-state index in [4.69, 9.17) is 14.2 Å². The molecule has 0 fully saturated rings. The van der Waals surface area contributed by atoms with Crippen LogP contribution in [0.2, 0.25) is 0 Å². The number of amides is 1. The molecule has 2 atom stereocenters. The van der Waals surface area contributed by atoms with E-state index in [0.717, 1.165) is 0 Å². The normalized spacial score (nSPS) is 14.9. The summed E-state index contributed by atoms with van der Waals surface area (Å²) in [6.45, 7) is 2.52. The molecule has 1 aliphatic rings. The standard InChI is InChI=1S/C20H24N2O7/c1-12(9-27-16-2-3-19-18(7-16)22-20(26)11-29-19)21-8-15(25)10-28-17-5-13(23)4-14(24)6-17/h2-7,12,15,21,23-25H,8-11H2,1H3,(H,22,26). The maximum Gasteiger partial charge on any atom is 0.262 e. The van der Waals surface area contributed by atoms with E-state index in [-0.39, 0.29) is 49.0 Å². The van der Waals surface area contributed by atoms with Gasteiger partial charge in [-0.3, -0.25) is 4.79 Å². The molecule has 2 aromatic carbocycles. The number of phenolic OH excluding ortho intramolecular Hbond substituents is 2. The average molecular weight is 404 g/mol. The second-order valence-electron chi connectivity index (χ2n) is 6.77. The van der Waals surface area contributed by atoms with Crippen LogP contribution in [0.4, 0.5) is 5.69 Å². The Morgan fingerprint density at radius 1 is 1.10 bits per heavy atom. The van der Waals surface area contributed by atoms with Gasteiger partial charge in [0.05, 0.1) is 5.69 Å². The highest BCUT2D eigenvalue weighted by Gasteiger charge is 2.16. The average Bonchev–Trinajstić information content (AvgIpc) is 2.68. The zero-order chi connectivity index (χ0) is 20.8. The first-order valence-electron chi connectivity index (χ1n) is 9.16. The lowest BCUT2D eigenvalue weighted by Gasteiger charge is -2.20. The number of fused-ring (bicyclic) bond motifs is 1. The van der Waals surface area contributed by atoms with Gasteiger partial charge in [-0.25, -0.2) is 0 Å². The third-order valence-corrected chi connectivity index (χ3v) is 4.10. The molecule has 9 heteroatoms. The van der Waals surface area contributed by atoms with Crippen LogP contribution in [0, 0.1) is 0 Å². The lowest BCUT2D eigenvalue weighted by atomic mass is 10.2. The van der Waals surface area contributed by atoms with E-state index < -0.39 is 6.10 Å². The van der Waals surface area contributed by atoms with Crippen molar-refractivity contribution in [3.05, 3.63) is 36.4 Å². The first-order valence-corrected chi connectivity index (χ1v) is 9.16. The first kappa shape index (κ1) is 20.6. The number of nitrogens with one attached hydrogen (secondary N) is 2. The van der Waals surface area contributed by atoms with E-state index in [2.05, 4.69) is 10.6 Å². The van der Waals surface area contributed by atoms with Gasteiger partial charge in [-0.15, -0.1) is 0 Å². The molecular weight excluding hydrogens is 380 g/mol. The van der Waals surface area contributed by atoms with Crippen molar-refractivity contribution in [1.82, 2.24) is 5.32 Å². The van der Waals surface area contributed by atoms with Crippen LogP contribution in [0.5, 0.6) is 28.7 Å². The van der Waals surface area contributed by atoms with Crippen LogP contribution in [0.25, 0.3) is 0 Å². The van der Waals surface area contributed by atoms with Gasteiger partial charge in [0.1, 0.15) is 48.1 Å². The monoisotopic (exact) mass is 404 g/mol. The van der Waals surface area contributed by atoms with Crippen molar-refractivity contribution >= 4 is 11.6 Å². The minimum absolute atomic E-state index is 0.00596. The lowest BCUT2D eigenvalue weighted by molar-refractivity contribution is -0.118. The highest BCUT2D eigenvalue weighted by molar-refractivity contribution is 5.95. The van der Waals surface area contributed by atoms with Gasteiger partial charge in [-0.1, -0.05) is 0 Å².